The van der Waals surface area contributed by atoms with Crippen LogP contribution >= 0.6 is 11.6 Å². The van der Waals surface area contributed by atoms with Crippen LogP contribution in [-0.4, -0.2) is 23.3 Å². The Morgan fingerprint density at radius 3 is 2.68 bits per heavy atom. The SMILES string of the molecule is N#CCNC(=O)C(=O)Nc1ccc(Cl)c([N+](=O)[O-])c1. The maximum Gasteiger partial charge on any atom is 0.313 e. The molecule has 0 radical (unpaired) electrons. The standard InChI is InChI=1S/C10H7ClN4O4/c11-7-2-1-6(5-8(7)15(18)19)14-10(17)9(16)13-4-3-12/h1-2,5H,4H2,(H,13,16)(H,14,17). The van der Waals surface area contributed by atoms with E-state index in [1.165, 1.54) is 12.1 Å². The number of rotatable bonds is 3. The molecule has 0 aliphatic heterocycles. The summed E-state index contributed by atoms with van der Waals surface area (Å²) in [4.78, 5) is 32.4. The minimum Gasteiger partial charge on any atom is -0.335 e. The van der Waals surface area contributed by atoms with Gasteiger partial charge in [0.25, 0.3) is 5.69 Å². The van der Waals surface area contributed by atoms with Crippen molar-refractivity contribution in [2.45, 2.75) is 0 Å². The van der Waals surface area contributed by atoms with E-state index in [0.29, 0.717) is 0 Å². The van der Waals surface area contributed by atoms with Gasteiger partial charge in [0.1, 0.15) is 11.6 Å². The van der Waals surface area contributed by atoms with Crippen molar-refractivity contribution in [1.82, 2.24) is 5.32 Å². The second-order valence-electron chi connectivity index (χ2n) is 3.22. The van der Waals surface area contributed by atoms with Gasteiger partial charge in [-0.05, 0) is 12.1 Å². The third kappa shape index (κ3) is 3.93. The molecule has 0 heterocycles. The minimum atomic E-state index is -1.04. The molecule has 0 fully saturated rings. The summed E-state index contributed by atoms with van der Waals surface area (Å²) in [6.45, 7) is -0.312. The van der Waals surface area contributed by atoms with Gasteiger partial charge in [0.05, 0.1) is 11.0 Å². The van der Waals surface area contributed by atoms with Crippen LogP contribution in [-0.2, 0) is 9.59 Å². The highest BCUT2D eigenvalue weighted by atomic mass is 35.5. The molecule has 8 nitrogen and oxygen atoms in total. The van der Waals surface area contributed by atoms with E-state index in [-0.39, 0.29) is 17.3 Å². The number of halogens is 1. The van der Waals surface area contributed by atoms with Crippen molar-refractivity contribution < 1.29 is 14.5 Å². The van der Waals surface area contributed by atoms with Gasteiger partial charge >= 0.3 is 11.8 Å². The molecule has 1 aromatic rings. The van der Waals surface area contributed by atoms with Crippen LogP contribution in [0.5, 0.6) is 0 Å². The first-order valence-corrected chi connectivity index (χ1v) is 5.23. The second kappa shape index (κ2) is 6.32. The van der Waals surface area contributed by atoms with Crippen LogP contribution in [0.4, 0.5) is 11.4 Å². The Morgan fingerprint density at radius 1 is 1.42 bits per heavy atom. The fourth-order valence-electron chi connectivity index (χ4n) is 1.12. The van der Waals surface area contributed by atoms with E-state index < -0.39 is 22.4 Å². The molecule has 0 aliphatic carbocycles. The molecule has 19 heavy (non-hydrogen) atoms. The molecule has 1 rings (SSSR count). The van der Waals surface area contributed by atoms with Crippen molar-refractivity contribution in [2.24, 2.45) is 0 Å². The number of hydrogen-bond acceptors (Lipinski definition) is 5. The number of amides is 2. The number of nitro groups is 1. The van der Waals surface area contributed by atoms with Gasteiger partial charge in [-0.15, -0.1) is 0 Å². The van der Waals surface area contributed by atoms with Gasteiger partial charge in [-0.3, -0.25) is 19.7 Å². The lowest BCUT2D eigenvalue weighted by Gasteiger charge is -2.04. The van der Waals surface area contributed by atoms with Crippen LogP contribution < -0.4 is 10.6 Å². The summed E-state index contributed by atoms with van der Waals surface area (Å²) in [5.41, 5.74) is -0.342. The Kier molecular flexibility index (Phi) is 4.79. The molecule has 1 aromatic carbocycles. The molecule has 0 unspecified atom stereocenters. The fraction of sp³-hybridized carbons (Fsp3) is 0.100. The van der Waals surface area contributed by atoms with Crippen LogP contribution in [0.2, 0.25) is 5.02 Å². The van der Waals surface area contributed by atoms with E-state index in [1.54, 1.807) is 6.07 Å². The molecule has 98 valence electrons. The highest BCUT2D eigenvalue weighted by Crippen LogP contribution is 2.27. The normalized spacial score (nSPS) is 9.26. The first kappa shape index (κ1) is 14.4. The van der Waals surface area contributed by atoms with E-state index in [0.717, 1.165) is 6.07 Å². The molecular weight excluding hydrogens is 276 g/mol. The summed E-state index contributed by atoms with van der Waals surface area (Å²) in [5.74, 6) is -2.05. The van der Waals surface area contributed by atoms with Crippen molar-refractivity contribution in [3.63, 3.8) is 0 Å². The first-order valence-electron chi connectivity index (χ1n) is 4.85. The van der Waals surface area contributed by atoms with E-state index in [4.69, 9.17) is 16.9 Å². The third-order valence-electron chi connectivity index (χ3n) is 1.93. The molecule has 0 atom stereocenters. The maximum absolute atomic E-state index is 11.3. The molecule has 0 aliphatic rings. The Morgan fingerprint density at radius 2 is 2.11 bits per heavy atom. The maximum atomic E-state index is 11.3. The predicted octanol–water partition coefficient (Wildman–Crippen LogP) is 0.826. The number of anilines is 1. The van der Waals surface area contributed by atoms with Crippen LogP contribution in [0.15, 0.2) is 18.2 Å². The largest absolute Gasteiger partial charge is 0.335 e. The van der Waals surface area contributed by atoms with Crippen LogP contribution in [0.3, 0.4) is 0 Å². The number of nitrogens with one attached hydrogen (secondary N) is 2. The average Bonchev–Trinajstić information content (AvgIpc) is 2.37. The van der Waals surface area contributed by atoms with Gasteiger partial charge in [0, 0.05) is 11.8 Å². The van der Waals surface area contributed by atoms with Crippen molar-refractivity contribution in [2.75, 3.05) is 11.9 Å². The van der Waals surface area contributed by atoms with Gasteiger partial charge in [-0.2, -0.15) is 5.26 Å². The lowest BCUT2D eigenvalue weighted by atomic mass is 10.2. The number of benzene rings is 1. The summed E-state index contributed by atoms with van der Waals surface area (Å²) in [6, 6.07) is 5.19. The number of nitriles is 1. The number of nitro benzene ring substituents is 1. The van der Waals surface area contributed by atoms with Gasteiger partial charge in [-0.25, -0.2) is 0 Å². The quantitative estimate of drug-likeness (QED) is 0.367. The van der Waals surface area contributed by atoms with Crippen molar-refractivity contribution in [3.8, 4) is 6.07 Å². The minimum absolute atomic E-state index is 0.0493. The zero-order valence-corrected chi connectivity index (χ0v) is 10.1. The van der Waals surface area contributed by atoms with Gasteiger partial charge < -0.3 is 10.6 Å². The fourth-order valence-corrected chi connectivity index (χ4v) is 1.30. The van der Waals surface area contributed by atoms with Crippen LogP contribution in [0.1, 0.15) is 0 Å². The van der Waals surface area contributed by atoms with E-state index >= 15 is 0 Å². The molecule has 0 spiro atoms. The zero-order chi connectivity index (χ0) is 14.4. The predicted molar refractivity (Wildman–Crippen MR) is 65.4 cm³/mol. The van der Waals surface area contributed by atoms with Gasteiger partial charge in [0.2, 0.25) is 0 Å². The lowest BCUT2D eigenvalue weighted by Crippen LogP contribution is -2.35. The first-order chi connectivity index (χ1) is 8.95. The second-order valence-corrected chi connectivity index (χ2v) is 3.63. The Hall–Kier alpha value is -2.66. The molecule has 2 N–H and O–H groups in total. The molecule has 0 saturated carbocycles. The topological polar surface area (TPSA) is 125 Å². The summed E-state index contributed by atoms with van der Waals surface area (Å²) >= 11 is 5.59. The highest BCUT2D eigenvalue weighted by Gasteiger charge is 2.17. The molecule has 0 saturated heterocycles. The van der Waals surface area contributed by atoms with Crippen molar-refractivity contribution in [1.29, 1.82) is 5.26 Å². The third-order valence-corrected chi connectivity index (χ3v) is 2.25. The van der Waals surface area contributed by atoms with Crippen LogP contribution in [0, 0.1) is 21.4 Å². The number of hydrogen-bond donors (Lipinski definition) is 2. The summed E-state index contributed by atoms with van der Waals surface area (Å²) < 4.78 is 0. The average molecular weight is 283 g/mol. The van der Waals surface area contributed by atoms with Gasteiger partial charge in [-0.1, -0.05) is 11.6 Å². The number of nitrogens with zero attached hydrogens (tertiary/aromatic N) is 2. The highest BCUT2D eigenvalue weighted by molar-refractivity contribution is 6.39. The zero-order valence-electron chi connectivity index (χ0n) is 9.34. The molecule has 0 aromatic heterocycles. The van der Waals surface area contributed by atoms with E-state index in [2.05, 4.69) is 5.32 Å². The molecular formula is C10H7ClN4O4. The Balaban J connectivity index is 2.81. The summed E-state index contributed by atoms with van der Waals surface area (Å²) in [6.07, 6.45) is 0. The molecule has 9 heteroatoms. The van der Waals surface area contributed by atoms with E-state index in [1.807, 2.05) is 5.32 Å². The van der Waals surface area contributed by atoms with Crippen LogP contribution in [0.25, 0.3) is 0 Å². The van der Waals surface area contributed by atoms with Crippen molar-refractivity contribution >= 4 is 34.8 Å². The lowest BCUT2D eigenvalue weighted by molar-refractivity contribution is -0.384. The summed E-state index contributed by atoms with van der Waals surface area (Å²) in [5, 5.41) is 22.9. The van der Waals surface area contributed by atoms with Gasteiger partial charge in [0.15, 0.2) is 0 Å². The Labute approximate surface area is 112 Å². The van der Waals surface area contributed by atoms with Crippen molar-refractivity contribution in [3.05, 3.63) is 33.3 Å². The monoisotopic (exact) mass is 282 g/mol. The molecule has 2 amide bonds. The number of carbonyl (C=O) groups is 2. The Bertz CT molecular complexity index is 581. The smallest absolute Gasteiger partial charge is 0.313 e. The van der Waals surface area contributed by atoms with E-state index in [9.17, 15) is 19.7 Å². The summed E-state index contributed by atoms with van der Waals surface area (Å²) in [7, 11) is 0. The molecule has 0 bridgehead atoms. The number of carbonyl (C=O) groups excluding carboxylic acids is 2.